The number of ether oxygens (including phenoxy) is 1. The zero-order valence-electron chi connectivity index (χ0n) is 11.1. The van der Waals surface area contributed by atoms with Crippen LogP contribution in [0.25, 0.3) is 0 Å². The molecule has 6 nitrogen and oxygen atoms in total. The van der Waals surface area contributed by atoms with Gasteiger partial charge in [0.15, 0.2) is 0 Å². The van der Waals surface area contributed by atoms with Crippen LogP contribution in [-0.4, -0.2) is 23.4 Å². The fourth-order valence-electron chi connectivity index (χ4n) is 1.70. The lowest BCUT2D eigenvalue weighted by Crippen LogP contribution is -2.19. The van der Waals surface area contributed by atoms with Crippen molar-refractivity contribution in [1.82, 2.24) is 0 Å². The number of methoxy groups -OCH3 is 1. The van der Waals surface area contributed by atoms with Gasteiger partial charge in [-0.2, -0.15) is 0 Å². The summed E-state index contributed by atoms with van der Waals surface area (Å²) in [6, 6.07) is 8.02. The molecule has 0 aliphatic carbocycles. The van der Waals surface area contributed by atoms with Gasteiger partial charge >= 0.3 is 6.03 Å². The van der Waals surface area contributed by atoms with E-state index in [1.165, 1.54) is 19.2 Å². The first-order valence-corrected chi connectivity index (χ1v) is 6.30. The number of carbonyl (C=O) groups is 1. The highest BCUT2D eigenvalue weighted by Gasteiger charge is 2.07. The number of amides is 2. The van der Waals surface area contributed by atoms with Crippen LogP contribution < -0.4 is 15.4 Å². The summed E-state index contributed by atoms with van der Waals surface area (Å²) in [4.78, 5) is 11.8. The number of hydrogen-bond acceptors (Lipinski definition) is 4. The zero-order valence-corrected chi connectivity index (χ0v) is 11.8. The number of anilines is 2. The predicted molar refractivity (Wildman–Crippen MR) is 80.4 cm³/mol. The summed E-state index contributed by atoms with van der Waals surface area (Å²) < 4.78 is 5.01. The number of phenols is 2. The fraction of sp³-hybridized carbons (Fsp3) is 0.0714. The Balaban J connectivity index is 2.06. The highest BCUT2D eigenvalue weighted by atomic mass is 35.5. The van der Waals surface area contributed by atoms with Crippen molar-refractivity contribution in [3.05, 3.63) is 41.4 Å². The number of rotatable bonds is 3. The lowest BCUT2D eigenvalue weighted by molar-refractivity contribution is 0.262. The van der Waals surface area contributed by atoms with Crippen molar-refractivity contribution in [2.24, 2.45) is 0 Å². The van der Waals surface area contributed by atoms with Gasteiger partial charge in [0, 0.05) is 29.6 Å². The van der Waals surface area contributed by atoms with E-state index in [0.717, 1.165) is 6.07 Å². The molecule has 0 atom stereocenters. The van der Waals surface area contributed by atoms with Crippen LogP contribution in [-0.2, 0) is 0 Å². The average Bonchev–Trinajstić information content (AvgIpc) is 2.37. The van der Waals surface area contributed by atoms with Gasteiger partial charge < -0.3 is 25.6 Å². The monoisotopic (exact) mass is 308 g/mol. The Morgan fingerprint density at radius 2 is 1.67 bits per heavy atom. The number of phenolic OH excluding ortho intramolecular Hbond substituents is 2. The second-order valence-corrected chi connectivity index (χ2v) is 4.57. The zero-order chi connectivity index (χ0) is 15.4. The van der Waals surface area contributed by atoms with E-state index >= 15 is 0 Å². The van der Waals surface area contributed by atoms with Gasteiger partial charge in [-0.3, -0.25) is 0 Å². The minimum absolute atomic E-state index is 0.155. The molecule has 0 unspecified atom stereocenters. The second kappa shape index (κ2) is 6.23. The SMILES string of the molecule is COc1ccc(NC(=O)Nc2cc(O)cc(O)c2)cc1Cl. The summed E-state index contributed by atoms with van der Waals surface area (Å²) in [6.07, 6.45) is 0. The maximum atomic E-state index is 11.8. The Morgan fingerprint density at radius 1 is 1.05 bits per heavy atom. The molecule has 0 aliphatic heterocycles. The quantitative estimate of drug-likeness (QED) is 0.699. The van der Waals surface area contributed by atoms with E-state index in [1.54, 1.807) is 18.2 Å². The summed E-state index contributed by atoms with van der Waals surface area (Å²) in [5, 5.41) is 24.1. The molecule has 0 fully saturated rings. The molecule has 0 bridgehead atoms. The van der Waals surface area contributed by atoms with Crippen LogP contribution in [0.5, 0.6) is 17.2 Å². The van der Waals surface area contributed by atoms with Gasteiger partial charge in [-0.05, 0) is 18.2 Å². The molecule has 21 heavy (non-hydrogen) atoms. The Kier molecular flexibility index (Phi) is 4.39. The van der Waals surface area contributed by atoms with Gasteiger partial charge in [0.05, 0.1) is 12.1 Å². The van der Waals surface area contributed by atoms with Crippen LogP contribution in [0.2, 0.25) is 5.02 Å². The molecule has 2 rings (SSSR count). The van der Waals surface area contributed by atoms with E-state index in [1.807, 2.05) is 0 Å². The van der Waals surface area contributed by atoms with Crippen molar-refractivity contribution < 1.29 is 19.7 Å². The Morgan fingerprint density at radius 3 is 2.24 bits per heavy atom. The number of nitrogens with one attached hydrogen (secondary N) is 2. The minimum Gasteiger partial charge on any atom is -0.508 e. The van der Waals surface area contributed by atoms with Crippen molar-refractivity contribution in [2.45, 2.75) is 0 Å². The summed E-state index contributed by atoms with van der Waals surface area (Å²) in [6.45, 7) is 0. The number of benzene rings is 2. The van der Waals surface area contributed by atoms with Gasteiger partial charge in [-0.1, -0.05) is 11.6 Å². The molecule has 2 amide bonds. The third-order valence-electron chi connectivity index (χ3n) is 2.57. The molecule has 0 aromatic heterocycles. The second-order valence-electron chi connectivity index (χ2n) is 4.17. The average molecular weight is 309 g/mol. The summed E-state index contributed by atoms with van der Waals surface area (Å²) >= 11 is 5.95. The first-order valence-electron chi connectivity index (χ1n) is 5.92. The van der Waals surface area contributed by atoms with Gasteiger partial charge in [0.2, 0.25) is 0 Å². The van der Waals surface area contributed by atoms with Gasteiger partial charge in [-0.25, -0.2) is 4.79 Å². The van der Waals surface area contributed by atoms with Crippen LogP contribution in [0, 0.1) is 0 Å². The maximum absolute atomic E-state index is 11.8. The van der Waals surface area contributed by atoms with Crippen LogP contribution >= 0.6 is 11.6 Å². The van der Waals surface area contributed by atoms with E-state index in [4.69, 9.17) is 16.3 Å². The number of aromatic hydroxyl groups is 2. The summed E-state index contributed by atoms with van der Waals surface area (Å²) in [5.41, 5.74) is 0.729. The van der Waals surface area contributed by atoms with E-state index in [-0.39, 0.29) is 17.2 Å². The Labute approximate surface area is 125 Å². The van der Waals surface area contributed by atoms with Gasteiger partial charge in [-0.15, -0.1) is 0 Å². The normalized spacial score (nSPS) is 10.0. The Hall–Kier alpha value is -2.60. The third-order valence-corrected chi connectivity index (χ3v) is 2.87. The van der Waals surface area contributed by atoms with Crippen LogP contribution in [0.4, 0.5) is 16.2 Å². The molecule has 7 heteroatoms. The van der Waals surface area contributed by atoms with Crippen molar-refractivity contribution >= 4 is 29.0 Å². The molecule has 0 heterocycles. The van der Waals surface area contributed by atoms with Crippen molar-refractivity contribution in [3.63, 3.8) is 0 Å². The third kappa shape index (κ3) is 3.93. The molecule has 0 saturated carbocycles. The lowest BCUT2D eigenvalue weighted by Gasteiger charge is -2.10. The Bertz CT molecular complexity index is 656. The minimum atomic E-state index is -0.541. The van der Waals surface area contributed by atoms with Crippen LogP contribution in [0.3, 0.4) is 0 Å². The molecule has 4 N–H and O–H groups in total. The van der Waals surface area contributed by atoms with E-state index in [0.29, 0.717) is 16.5 Å². The first kappa shape index (κ1) is 14.8. The number of hydrogen-bond donors (Lipinski definition) is 4. The number of carbonyl (C=O) groups excluding carboxylic acids is 1. The molecule has 110 valence electrons. The molecular formula is C14H13ClN2O4. The van der Waals surface area contributed by atoms with Crippen molar-refractivity contribution in [3.8, 4) is 17.2 Å². The topological polar surface area (TPSA) is 90.8 Å². The number of urea groups is 1. The van der Waals surface area contributed by atoms with Crippen molar-refractivity contribution in [1.29, 1.82) is 0 Å². The lowest BCUT2D eigenvalue weighted by atomic mass is 10.3. The van der Waals surface area contributed by atoms with E-state index in [9.17, 15) is 15.0 Å². The summed E-state index contributed by atoms with van der Waals surface area (Å²) in [7, 11) is 1.50. The molecule has 2 aromatic rings. The van der Waals surface area contributed by atoms with Crippen LogP contribution in [0.15, 0.2) is 36.4 Å². The van der Waals surface area contributed by atoms with Crippen molar-refractivity contribution in [2.75, 3.05) is 17.7 Å². The van der Waals surface area contributed by atoms with Crippen LogP contribution in [0.1, 0.15) is 0 Å². The smallest absolute Gasteiger partial charge is 0.323 e. The summed E-state index contributed by atoms with van der Waals surface area (Å²) in [5.74, 6) is 0.191. The molecule has 0 spiro atoms. The predicted octanol–water partition coefficient (Wildman–Crippen LogP) is 3.40. The largest absolute Gasteiger partial charge is 0.508 e. The molecule has 0 radical (unpaired) electrons. The van der Waals surface area contributed by atoms with E-state index in [2.05, 4.69) is 10.6 Å². The molecule has 0 aliphatic rings. The van der Waals surface area contributed by atoms with Gasteiger partial charge in [0.1, 0.15) is 17.2 Å². The molecule has 2 aromatic carbocycles. The fourth-order valence-corrected chi connectivity index (χ4v) is 1.96. The number of halogens is 1. The first-order chi connectivity index (χ1) is 9.97. The highest BCUT2D eigenvalue weighted by Crippen LogP contribution is 2.27. The molecule has 0 saturated heterocycles. The maximum Gasteiger partial charge on any atom is 0.323 e. The highest BCUT2D eigenvalue weighted by molar-refractivity contribution is 6.32. The van der Waals surface area contributed by atoms with Gasteiger partial charge in [0.25, 0.3) is 0 Å². The van der Waals surface area contributed by atoms with E-state index < -0.39 is 6.03 Å². The molecular weight excluding hydrogens is 296 g/mol. The standard InChI is InChI=1S/C14H13ClN2O4/c1-21-13-3-2-8(6-12(13)15)16-14(20)17-9-4-10(18)7-11(19)5-9/h2-7,18-19H,1H3,(H2,16,17,20).